The van der Waals surface area contributed by atoms with Crippen LogP contribution < -0.4 is 5.73 Å². The molecule has 0 aromatic heterocycles. The third kappa shape index (κ3) is 8.21. The van der Waals surface area contributed by atoms with Crippen LogP contribution in [-0.2, 0) is 0 Å². The summed E-state index contributed by atoms with van der Waals surface area (Å²) in [5, 5.41) is 0. The molecule has 1 aliphatic rings. The fourth-order valence-corrected chi connectivity index (χ4v) is 3.63. The van der Waals surface area contributed by atoms with E-state index < -0.39 is 0 Å². The van der Waals surface area contributed by atoms with Crippen molar-refractivity contribution in [1.82, 2.24) is 4.90 Å². The molecule has 2 nitrogen and oxygen atoms in total. The highest BCUT2D eigenvalue weighted by atomic mass is 15.2. The van der Waals surface area contributed by atoms with E-state index in [1.54, 1.807) is 0 Å². The van der Waals surface area contributed by atoms with E-state index in [2.05, 4.69) is 25.7 Å². The fraction of sp³-hybridized carbons (Fsp3) is 1.00. The summed E-state index contributed by atoms with van der Waals surface area (Å²) in [6.07, 6.45) is 16.5. The lowest BCUT2D eigenvalue weighted by atomic mass is 9.99. The summed E-state index contributed by atoms with van der Waals surface area (Å²) in [4.78, 5) is 2.70. The molecule has 1 unspecified atom stereocenters. The molecule has 0 amide bonds. The average Bonchev–Trinajstić information content (AvgIpc) is 2.81. The van der Waals surface area contributed by atoms with E-state index in [0.717, 1.165) is 12.6 Å². The summed E-state index contributed by atoms with van der Waals surface area (Å²) in [5.41, 5.74) is 6.39. The summed E-state index contributed by atoms with van der Waals surface area (Å²) in [6, 6.07) is 0.800. The molecule has 2 N–H and O–H groups in total. The molecule has 2 heteroatoms. The fourth-order valence-electron chi connectivity index (χ4n) is 3.63. The van der Waals surface area contributed by atoms with Crippen LogP contribution in [0.1, 0.15) is 97.8 Å². The van der Waals surface area contributed by atoms with Gasteiger partial charge in [-0.15, -0.1) is 0 Å². The van der Waals surface area contributed by atoms with Crippen LogP contribution in [-0.4, -0.2) is 29.6 Å². The number of nitrogens with zero attached hydrogens (tertiary/aromatic N) is 1. The zero-order valence-corrected chi connectivity index (χ0v) is 15.0. The van der Waals surface area contributed by atoms with E-state index in [-0.39, 0.29) is 5.54 Å². The lowest BCUT2D eigenvalue weighted by Crippen LogP contribution is -2.42. The van der Waals surface area contributed by atoms with Crippen LogP contribution in [0.5, 0.6) is 0 Å². The maximum absolute atomic E-state index is 6.34. The van der Waals surface area contributed by atoms with Crippen LogP contribution in [0, 0.1) is 0 Å². The minimum atomic E-state index is 0.0594. The molecule has 1 rings (SSSR count). The van der Waals surface area contributed by atoms with Crippen LogP contribution in [0.3, 0.4) is 0 Å². The van der Waals surface area contributed by atoms with Gasteiger partial charge in [-0.3, -0.25) is 4.90 Å². The van der Waals surface area contributed by atoms with E-state index in [4.69, 9.17) is 5.73 Å². The Morgan fingerprint density at radius 1 is 0.905 bits per heavy atom. The molecule has 1 fully saturated rings. The van der Waals surface area contributed by atoms with Crippen molar-refractivity contribution in [2.45, 2.75) is 109 Å². The van der Waals surface area contributed by atoms with E-state index in [1.807, 2.05) is 0 Å². The van der Waals surface area contributed by atoms with Gasteiger partial charge in [-0.1, -0.05) is 71.6 Å². The molecular formula is C19H40N2. The van der Waals surface area contributed by atoms with Gasteiger partial charge in [0.25, 0.3) is 0 Å². The van der Waals surface area contributed by atoms with Gasteiger partial charge in [-0.2, -0.15) is 0 Å². The van der Waals surface area contributed by atoms with Crippen molar-refractivity contribution in [2.24, 2.45) is 5.73 Å². The van der Waals surface area contributed by atoms with Gasteiger partial charge in [-0.25, -0.2) is 0 Å². The quantitative estimate of drug-likeness (QED) is 0.507. The number of hydrogen-bond acceptors (Lipinski definition) is 2. The normalized spacial score (nSPS) is 24.6. The molecule has 0 radical (unpaired) electrons. The summed E-state index contributed by atoms with van der Waals surface area (Å²) in [5.74, 6) is 0. The SMILES string of the molecule is CCCCCCCC(CCCCCC)N1CC[C@](C)(N)C1. The second-order valence-corrected chi connectivity index (χ2v) is 7.58. The monoisotopic (exact) mass is 296 g/mol. The first kappa shape index (κ1) is 19.0. The Hall–Kier alpha value is -0.0800. The Kier molecular flexibility index (Phi) is 9.59. The number of nitrogens with two attached hydrogens (primary N) is 1. The number of unbranched alkanes of at least 4 members (excludes halogenated alkanes) is 7. The summed E-state index contributed by atoms with van der Waals surface area (Å²) >= 11 is 0. The predicted octanol–water partition coefficient (Wildman–Crippen LogP) is 5.11. The van der Waals surface area contributed by atoms with Crippen molar-refractivity contribution in [3.63, 3.8) is 0 Å². The Morgan fingerprint density at radius 2 is 1.43 bits per heavy atom. The molecule has 126 valence electrons. The lowest BCUT2D eigenvalue weighted by Gasteiger charge is -2.29. The van der Waals surface area contributed by atoms with Crippen LogP contribution >= 0.6 is 0 Å². The molecule has 21 heavy (non-hydrogen) atoms. The Morgan fingerprint density at radius 3 is 1.90 bits per heavy atom. The number of rotatable bonds is 12. The van der Waals surface area contributed by atoms with Crippen LogP contribution in [0.25, 0.3) is 0 Å². The molecule has 0 aromatic carbocycles. The molecule has 0 bridgehead atoms. The molecule has 1 aliphatic heterocycles. The van der Waals surface area contributed by atoms with Gasteiger partial charge in [0.05, 0.1) is 0 Å². The maximum atomic E-state index is 6.34. The second-order valence-electron chi connectivity index (χ2n) is 7.58. The molecule has 0 aliphatic carbocycles. The highest BCUT2D eigenvalue weighted by molar-refractivity contribution is 4.93. The zero-order chi connectivity index (χ0) is 15.6. The van der Waals surface area contributed by atoms with Gasteiger partial charge in [0.1, 0.15) is 0 Å². The third-order valence-corrected chi connectivity index (χ3v) is 5.08. The minimum absolute atomic E-state index is 0.0594. The first-order valence-electron chi connectivity index (χ1n) is 9.62. The van der Waals surface area contributed by atoms with Crippen LogP contribution in [0.2, 0.25) is 0 Å². The first-order chi connectivity index (χ1) is 10.1. The van der Waals surface area contributed by atoms with Gasteiger partial charge >= 0.3 is 0 Å². The van der Waals surface area contributed by atoms with E-state index in [1.165, 1.54) is 83.6 Å². The molecule has 0 spiro atoms. The van der Waals surface area contributed by atoms with Crippen molar-refractivity contribution < 1.29 is 0 Å². The van der Waals surface area contributed by atoms with Crippen LogP contribution in [0.4, 0.5) is 0 Å². The highest BCUT2D eigenvalue weighted by Gasteiger charge is 2.33. The van der Waals surface area contributed by atoms with Crippen molar-refractivity contribution >= 4 is 0 Å². The molecule has 1 heterocycles. The number of likely N-dealkylation sites (tertiary alicyclic amines) is 1. The lowest BCUT2D eigenvalue weighted by molar-refractivity contribution is 0.199. The maximum Gasteiger partial charge on any atom is 0.0267 e. The average molecular weight is 297 g/mol. The summed E-state index contributed by atoms with van der Waals surface area (Å²) < 4.78 is 0. The van der Waals surface area contributed by atoms with E-state index in [0.29, 0.717) is 0 Å². The van der Waals surface area contributed by atoms with Crippen molar-refractivity contribution in [1.29, 1.82) is 0 Å². The second kappa shape index (κ2) is 10.6. The molecule has 0 saturated carbocycles. The zero-order valence-electron chi connectivity index (χ0n) is 15.0. The minimum Gasteiger partial charge on any atom is -0.324 e. The number of hydrogen-bond donors (Lipinski definition) is 1. The van der Waals surface area contributed by atoms with E-state index in [9.17, 15) is 0 Å². The summed E-state index contributed by atoms with van der Waals surface area (Å²) in [7, 11) is 0. The Balaban J connectivity index is 2.31. The van der Waals surface area contributed by atoms with Gasteiger partial charge in [0.2, 0.25) is 0 Å². The topological polar surface area (TPSA) is 29.3 Å². The first-order valence-corrected chi connectivity index (χ1v) is 9.62. The Bertz CT molecular complexity index is 250. The molecule has 1 saturated heterocycles. The van der Waals surface area contributed by atoms with Crippen molar-refractivity contribution in [2.75, 3.05) is 13.1 Å². The predicted molar refractivity (Wildman–Crippen MR) is 94.7 cm³/mol. The highest BCUT2D eigenvalue weighted by Crippen LogP contribution is 2.25. The summed E-state index contributed by atoms with van der Waals surface area (Å²) in [6.45, 7) is 9.15. The largest absolute Gasteiger partial charge is 0.324 e. The molecule has 2 atom stereocenters. The van der Waals surface area contributed by atoms with Crippen molar-refractivity contribution in [3.05, 3.63) is 0 Å². The van der Waals surface area contributed by atoms with Gasteiger partial charge in [0.15, 0.2) is 0 Å². The third-order valence-electron chi connectivity index (χ3n) is 5.08. The molecular weight excluding hydrogens is 256 g/mol. The smallest absolute Gasteiger partial charge is 0.0267 e. The molecule has 0 aromatic rings. The van der Waals surface area contributed by atoms with Crippen LogP contribution in [0.15, 0.2) is 0 Å². The Labute approximate surface area is 133 Å². The van der Waals surface area contributed by atoms with E-state index >= 15 is 0 Å². The van der Waals surface area contributed by atoms with Gasteiger partial charge in [0, 0.05) is 24.7 Å². The standard InChI is InChI=1S/C19H40N2/c1-4-6-8-10-12-14-18(13-11-9-7-5-2)21-16-15-19(3,20)17-21/h18H,4-17,20H2,1-3H3/t18?,19-/m0/s1. The van der Waals surface area contributed by atoms with Gasteiger partial charge in [-0.05, 0) is 26.2 Å². The van der Waals surface area contributed by atoms with Gasteiger partial charge < -0.3 is 5.73 Å². The van der Waals surface area contributed by atoms with Crippen molar-refractivity contribution in [3.8, 4) is 0 Å².